The number of nitrogens with one attached hydrogen (secondary N) is 1. The number of aromatic nitrogens is 3. The molecule has 1 N–H and O–H groups in total. The van der Waals surface area contributed by atoms with E-state index in [2.05, 4.69) is 39.1 Å². The smallest absolute Gasteiger partial charge is 0.193 e. The average Bonchev–Trinajstić information content (AvgIpc) is 3.15. The van der Waals surface area contributed by atoms with Crippen LogP contribution >= 0.6 is 11.8 Å². The van der Waals surface area contributed by atoms with Crippen LogP contribution in [-0.2, 0) is 6.54 Å². The van der Waals surface area contributed by atoms with E-state index >= 15 is 0 Å². The fourth-order valence-corrected chi connectivity index (χ4v) is 5.45. The molecule has 1 aromatic rings. The van der Waals surface area contributed by atoms with Gasteiger partial charge in [-0.15, -0.1) is 10.2 Å². The molecule has 2 heterocycles. The van der Waals surface area contributed by atoms with Gasteiger partial charge in [0, 0.05) is 43.2 Å². The molecule has 2 aliphatic rings. The van der Waals surface area contributed by atoms with Crippen molar-refractivity contribution in [1.82, 2.24) is 25.0 Å². The molecule has 0 aromatic carbocycles. The molecule has 1 saturated carbocycles. The van der Waals surface area contributed by atoms with Crippen molar-refractivity contribution in [1.29, 1.82) is 0 Å². The molecule has 0 radical (unpaired) electrons. The molecule has 3 rings (SSSR count). The van der Waals surface area contributed by atoms with Gasteiger partial charge in [0.25, 0.3) is 0 Å². The zero-order valence-electron chi connectivity index (χ0n) is 15.5. The van der Waals surface area contributed by atoms with Gasteiger partial charge in [0.05, 0.1) is 0 Å². The number of unbranched alkanes of at least 4 members (excludes halogenated alkanes) is 1. The Balaban J connectivity index is 1.50. The van der Waals surface area contributed by atoms with Gasteiger partial charge in [-0.25, -0.2) is 0 Å². The monoisotopic (exact) mass is 364 g/mol. The molecule has 0 amide bonds. The SMILES string of the molecule is CCNC(=NCCCCn1cnnc1)N1CCSC2(CCCCC2)C1. The summed E-state index contributed by atoms with van der Waals surface area (Å²) in [5.41, 5.74) is 0. The molecule has 2 fully saturated rings. The first-order valence-electron chi connectivity index (χ1n) is 9.81. The molecule has 1 aromatic heterocycles. The summed E-state index contributed by atoms with van der Waals surface area (Å²) in [6.07, 6.45) is 12.8. The maximum atomic E-state index is 4.92. The molecule has 1 aliphatic carbocycles. The highest BCUT2D eigenvalue weighted by atomic mass is 32.2. The van der Waals surface area contributed by atoms with Crippen LogP contribution in [0.5, 0.6) is 0 Å². The second kappa shape index (κ2) is 9.46. The van der Waals surface area contributed by atoms with E-state index in [1.54, 1.807) is 12.7 Å². The first-order chi connectivity index (χ1) is 12.3. The number of guanidine groups is 1. The predicted octanol–water partition coefficient (Wildman–Crippen LogP) is 2.78. The van der Waals surface area contributed by atoms with Crippen LogP contribution in [0.2, 0.25) is 0 Å². The van der Waals surface area contributed by atoms with Crippen LogP contribution in [0.3, 0.4) is 0 Å². The maximum absolute atomic E-state index is 4.92. The summed E-state index contributed by atoms with van der Waals surface area (Å²) in [6, 6.07) is 0. The summed E-state index contributed by atoms with van der Waals surface area (Å²) < 4.78 is 2.52. The first-order valence-corrected chi connectivity index (χ1v) is 10.8. The van der Waals surface area contributed by atoms with E-state index in [1.807, 2.05) is 4.57 Å². The van der Waals surface area contributed by atoms with Crippen molar-refractivity contribution in [2.75, 3.05) is 31.9 Å². The summed E-state index contributed by atoms with van der Waals surface area (Å²) in [5.74, 6) is 2.36. The summed E-state index contributed by atoms with van der Waals surface area (Å²) in [4.78, 5) is 7.43. The molecule has 0 bridgehead atoms. The second-order valence-electron chi connectivity index (χ2n) is 7.16. The molecule has 1 aliphatic heterocycles. The van der Waals surface area contributed by atoms with Crippen LogP contribution in [0.4, 0.5) is 0 Å². The van der Waals surface area contributed by atoms with Crippen molar-refractivity contribution >= 4 is 17.7 Å². The number of hydrogen-bond acceptors (Lipinski definition) is 4. The van der Waals surface area contributed by atoms with Crippen LogP contribution in [0.1, 0.15) is 51.9 Å². The number of rotatable bonds is 6. The van der Waals surface area contributed by atoms with E-state index < -0.39 is 0 Å². The van der Waals surface area contributed by atoms with Crippen LogP contribution in [0.25, 0.3) is 0 Å². The van der Waals surface area contributed by atoms with Gasteiger partial charge in [-0.2, -0.15) is 11.8 Å². The molecule has 0 atom stereocenters. The van der Waals surface area contributed by atoms with Gasteiger partial charge in [-0.05, 0) is 32.6 Å². The summed E-state index contributed by atoms with van der Waals surface area (Å²) in [6.45, 7) is 7.26. The van der Waals surface area contributed by atoms with E-state index in [9.17, 15) is 0 Å². The largest absolute Gasteiger partial charge is 0.357 e. The van der Waals surface area contributed by atoms with Crippen LogP contribution in [0, 0.1) is 0 Å². The summed E-state index contributed by atoms with van der Waals surface area (Å²) in [5, 5.41) is 11.2. The third-order valence-electron chi connectivity index (χ3n) is 5.20. The average molecular weight is 365 g/mol. The van der Waals surface area contributed by atoms with E-state index in [-0.39, 0.29) is 0 Å². The molecule has 0 unspecified atom stereocenters. The van der Waals surface area contributed by atoms with E-state index in [1.165, 1.54) is 44.4 Å². The molecule has 1 spiro atoms. The second-order valence-corrected chi connectivity index (χ2v) is 8.72. The van der Waals surface area contributed by atoms with E-state index in [0.29, 0.717) is 4.75 Å². The maximum Gasteiger partial charge on any atom is 0.193 e. The number of thioether (sulfide) groups is 1. The Morgan fingerprint density at radius 3 is 2.76 bits per heavy atom. The Kier molecular flexibility index (Phi) is 7.02. The van der Waals surface area contributed by atoms with Crippen molar-refractivity contribution in [3.05, 3.63) is 12.7 Å². The van der Waals surface area contributed by atoms with Gasteiger partial charge >= 0.3 is 0 Å². The first kappa shape index (κ1) is 18.5. The third kappa shape index (κ3) is 5.36. The quantitative estimate of drug-likeness (QED) is 0.478. The number of aryl methyl sites for hydroxylation is 1. The highest BCUT2D eigenvalue weighted by Crippen LogP contribution is 2.42. The number of hydrogen-bond donors (Lipinski definition) is 1. The van der Waals surface area contributed by atoms with Gasteiger partial charge in [0.15, 0.2) is 5.96 Å². The number of nitrogens with zero attached hydrogens (tertiary/aromatic N) is 5. The van der Waals surface area contributed by atoms with Crippen molar-refractivity contribution in [3.63, 3.8) is 0 Å². The van der Waals surface area contributed by atoms with Crippen LogP contribution in [-0.4, -0.2) is 62.3 Å². The van der Waals surface area contributed by atoms with Gasteiger partial charge in [-0.3, -0.25) is 4.99 Å². The molecule has 7 heteroatoms. The van der Waals surface area contributed by atoms with Gasteiger partial charge in [0.2, 0.25) is 0 Å². The molecule has 140 valence electrons. The van der Waals surface area contributed by atoms with Crippen molar-refractivity contribution in [2.24, 2.45) is 4.99 Å². The van der Waals surface area contributed by atoms with Crippen LogP contribution < -0.4 is 5.32 Å². The van der Waals surface area contributed by atoms with E-state index in [0.717, 1.165) is 45.0 Å². The predicted molar refractivity (Wildman–Crippen MR) is 105 cm³/mol. The minimum atomic E-state index is 0.487. The van der Waals surface area contributed by atoms with Crippen molar-refractivity contribution in [3.8, 4) is 0 Å². The highest BCUT2D eigenvalue weighted by molar-refractivity contribution is 8.00. The Labute approximate surface area is 155 Å². The minimum Gasteiger partial charge on any atom is -0.357 e. The highest BCUT2D eigenvalue weighted by Gasteiger charge is 2.38. The summed E-state index contributed by atoms with van der Waals surface area (Å²) in [7, 11) is 0. The van der Waals surface area contributed by atoms with E-state index in [4.69, 9.17) is 4.99 Å². The van der Waals surface area contributed by atoms with Gasteiger partial charge in [0.1, 0.15) is 12.7 Å². The zero-order chi connectivity index (χ0) is 17.4. The Hall–Kier alpha value is -1.24. The Morgan fingerprint density at radius 1 is 1.20 bits per heavy atom. The Bertz CT molecular complexity index is 518. The Morgan fingerprint density at radius 2 is 2.00 bits per heavy atom. The van der Waals surface area contributed by atoms with Gasteiger partial charge in [-0.1, -0.05) is 19.3 Å². The lowest BCUT2D eigenvalue weighted by Gasteiger charge is -2.45. The molecule has 25 heavy (non-hydrogen) atoms. The lowest BCUT2D eigenvalue weighted by atomic mass is 9.87. The summed E-state index contributed by atoms with van der Waals surface area (Å²) >= 11 is 2.22. The van der Waals surface area contributed by atoms with Gasteiger partial charge < -0.3 is 14.8 Å². The van der Waals surface area contributed by atoms with Crippen molar-refractivity contribution < 1.29 is 0 Å². The van der Waals surface area contributed by atoms with Crippen molar-refractivity contribution in [2.45, 2.75) is 63.2 Å². The lowest BCUT2D eigenvalue weighted by Crippen LogP contribution is -2.53. The molecule has 1 saturated heterocycles. The fourth-order valence-electron chi connectivity index (χ4n) is 3.88. The number of aliphatic imine (C=N–C) groups is 1. The normalized spacial score (nSPS) is 20.8. The molecule has 6 nitrogen and oxygen atoms in total. The fraction of sp³-hybridized carbons (Fsp3) is 0.833. The zero-order valence-corrected chi connectivity index (χ0v) is 16.3. The molecular weight excluding hydrogens is 332 g/mol. The topological polar surface area (TPSA) is 58.3 Å². The van der Waals surface area contributed by atoms with Crippen LogP contribution in [0.15, 0.2) is 17.6 Å². The standard InChI is InChI=1S/C18H32N6S/c1-2-19-17(20-10-6-7-11-23-15-21-22-16-23)24-12-13-25-18(14-24)8-4-3-5-9-18/h15-16H,2-14H2,1H3,(H,19,20). The third-order valence-corrected chi connectivity index (χ3v) is 6.74. The molecular formula is C18H32N6S. The minimum absolute atomic E-state index is 0.487. The lowest BCUT2D eigenvalue weighted by molar-refractivity contribution is 0.293.